The molecule has 0 aliphatic heterocycles. The zero-order valence-electron chi connectivity index (χ0n) is 12.2. The van der Waals surface area contributed by atoms with Gasteiger partial charge in [-0.1, -0.05) is 0 Å². The predicted octanol–water partition coefficient (Wildman–Crippen LogP) is 5.70. The van der Waals surface area contributed by atoms with E-state index >= 15 is 0 Å². The maximum absolute atomic E-state index is 12.4. The Labute approximate surface area is 139 Å². The van der Waals surface area contributed by atoms with E-state index in [4.69, 9.17) is 0 Å². The van der Waals surface area contributed by atoms with Gasteiger partial charge in [-0.05, 0) is 95.8 Å². The normalized spacial score (nSPS) is 37.5. The molecular weight excluding hydrogens is 344 g/mol. The summed E-state index contributed by atoms with van der Waals surface area (Å²) in [6.45, 7) is 0. The molecule has 1 nitrogen and oxygen atoms in total. The van der Waals surface area contributed by atoms with Gasteiger partial charge in [-0.2, -0.15) is 0 Å². The SMILES string of the molecule is O=C(C=Cc1cc(Br)cs1)CC12CC3CC(CC(C3)C1)C2. The average Bonchev–Trinajstić information content (AvgIpc) is 2.80. The molecule has 112 valence electrons. The Balaban J connectivity index is 1.43. The van der Waals surface area contributed by atoms with Crippen LogP contribution in [0.2, 0.25) is 0 Å². The van der Waals surface area contributed by atoms with Gasteiger partial charge >= 0.3 is 0 Å². The second kappa shape index (κ2) is 5.34. The second-order valence-electron chi connectivity index (χ2n) is 7.56. The standard InChI is InChI=1S/C18H21BrOS/c19-15-6-17(21-11-15)2-1-16(20)10-18-7-12-3-13(8-18)5-14(4-12)9-18/h1-2,6,11-14H,3-5,7-10H2. The molecule has 5 rings (SSSR count). The Bertz CT molecular complexity index is 551. The van der Waals surface area contributed by atoms with E-state index in [1.54, 1.807) is 11.3 Å². The first-order chi connectivity index (χ1) is 10.1. The highest BCUT2D eigenvalue weighted by molar-refractivity contribution is 9.10. The maximum atomic E-state index is 12.4. The van der Waals surface area contributed by atoms with E-state index in [9.17, 15) is 4.79 Å². The topological polar surface area (TPSA) is 17.1 Å². The fraction of sp³-hybridized carbons (Fsp3) is 0.611. The largest absolute Gasteiger partial charge is 0.295 e. The monoisotopic (exact) mass is 364 g/mol. The summed E-state index contributed by atoms with van der Waals surface area (Å²) in [6, 6.07) is 2.07. The van der Waals surface area contributed by atoms with Crippen LogP contribution in [0.25, 0.3) is 6.08 Å². The second-order valence-corrected chi connectivity index (χ2v) is 9.42. The summed E-state index contributed by atoms with van der Waals surface area (Å²) in [5.74, 6) is 3.13. The molecule has 0 spiro atoms. The molecule has 4 saturated carbocycles. The number of halogens is 1. The molecule has 3 heteroatoms. The first-order valence-electron chi connectivity index (χ1n) is 8.05. The van der Waals surface area contributed by atoms with Crippen molar-refractivity contribution < 1.29 is 4.79 Å². The van der Waals surface area contributed by atoms with Gasteiger partial charge in [0.2, 0.25) is 0 Å². The molecule has 1 heterocycles. The van der Waals surface area contributed by atoms with Crippen LogP contribution in [-0.2, 0) is 4.79 Å². The third kappa shape index (κ3) is 2.92. The number of hydrogen-bond acceptors (Lipinski definition) is 2. The fourth-order valence-corrected chi connectivity index (χ4v) is 6.86. The Morgan fingerprint density at radius 2 is 1.86 bits per heavy atom. The number of rotatable bonds is 4. The van der Waals surface area contributed by atoms with Gasteiger partial charge in [0.05, 0.1) is 0 Å². The Morgan fingerprint density at radius 1 is 1.24 bits per heavy atom. The van der Waals surface area contributed by atoms with Crippen LogP contribution >= 0.6 is 27.3 Å². The van der Waals surface area contributed by atoms with Gasteiger partial charge in [-0.25, -0.2) is 0 Å². The zero-order chi connectivity index (χ0) is 14.4. The number of hydrogen-bond donors (Lipinski definition) is 0. The molecule has 4 aliphatic carbocycles. The summed E-state index contributed by atoms with van der Waals surface area (Å²) < 4.78 is 1.10. The molecular formula is C18H21BrOS. The van der Waals surface area contributed by atoms with Gasteiger partial charge in [-0.3, -0.25) is 4.79 Å². The highest BCUT2D eigenvalue weighted by Gasteiger charge is 2.51. The van der Waals surface area contributed by atoms with E-state index < -0.39 is 0 Å². The van der Waals surface area contributed by atoms with Crippen LogP contribution in [0.3, 0.4) is 0 Å². The summed E-state index contributed by atoms with van der Waals surface area (Å²) in [6.07, 6.45) is 12.9. The summed E-state index contributed by atoms with van der Waals surface area (Å²) >= 11 is 5.13. The van der Waals surface area contributed by atoms with Crippen molar-refractivity contribution >= 4 is 39.1 Å². The van der Waals surface area contributed by atoms with Crippen molar-refractivity contribution in [1.82, 2.24) is 0 Å². The zero-order valence-corrected chi connectivity index (χ0v) is 14.6. The van der Waals surface area contributed by atoms with Crippen LogP contribution in [0.4, 0.5) is 0 Å². The van der Waals surface area contributed by atoms with E-state index in [1.807, 2.05) is 12.2 Å². The maximum Gasteiger partial charge on any atom is 0.156 e. The number of thiophene rings is 1. The minimum Gasteiger partial charge on any atom is -0.295 e. The van der Waals surface area contributed by atoms with Crippen molar-refractivity contribution in [3.63, 3.8) is 0 Å². The number of carbonyl (C=O) groups excluding carboxylic acids is 1. The molecule has 0 unspecified atom stereocenters. The van der Waals surface area contributed by atoms with Crippen LogP contribution in [0.15, 0.2) is 22.0 Å². The molecule has 4 fully saturated rings. The lowest BCUT2D eigenvalue weighted by Crippen LogP contribution is -2.46. The summed E-state index contributed by atoms with van der Waals surface area (Å²) in [4.78, 5) is 13.6. The molecule has 0 radical (unpaired) electrons. The van der Waals surface area contributed by atoms with E-state index in [-0.39, 0.29) is 0 Å². The van der Waals surface area contributed by atoms with Gasteiger partial charge in [0, 0.05) is 21.2 Å². The Morgan fingerprint density at radius 3 is 2.38 bits per heavy atom. The summed E-state index contributed by atoms with van der Waals surface area (Å²) in [5.41, 5.74) is 0.367. The van der Waals surface area contributed by atoms with Crippen molar-refractivity contribution in [3.8, 4) is 0 Å². The van der Waals surface area contributed by atoms with Crippen LogP contribution in [-0.4, -0.2) is 5.78 Å². The molecule has 0 aromatic carbocycles. The van der Waals surface area contributed by atoms with E-state index in [0.29, 0.717) is 11.2 Å². The van der Waals surface area contributed by atoms with Gasteiger partial charge in [0.15, 0.2) is 5.78 Å². The van der Waals surface area contributed by atoms with Crippen molar-refractivity contribution in [2.75, 3.05) is 0 Å². The third-order valence-electron chi connectivity index (χ3n) is 5.74. The van der Waals surface area contributed by atoms with E-state index in [0.717, 1.165) is 33.5 Å². The third-order valence-corrected chi connectivity index (χ3v) is 7.39. The average molecular weight is 365 g/mol. The van der Waals surface area contributed by atoms with Crippen molar-refractivity contribution in [2.24, 2.45) is 23.2 Å². The van der Waals surface area contributed by atoms with Crippen LogP contribution in [0.1, 0.15) is 49.8 Å². The molecule has 1 aromatic rings. The lowest BCUT2D eigenvalue weighted by atomic mass is 9.48. The number of allylic oxidation sites excluding steroid dienone is 1. The van der Waals surface area contributed by atoms with Crippen molar-refractivity contribution in [1.29, 1.82) is 0 Å². The predicted molar refractivity (Wildman–Crippen MR) is 91.3 cm³/mol. The van der Waals surface area contributed by atoms with Crippen molar-refractivity contribution in [3.05, 3.63) is 26.9 Å². The molecule has 0 amide bonds. The highest BCUT2D eigenvalue weighted by Crippen LogP contribution is 2.61. The molecule has 21 heavy (non-hydrogen) atoms. The molecule has 0 N–H and O–H groups in total. The van der Waals surface area contributed by atoms with E-state index in [1.165, 1.54) is 38.5 Å². The van der Waals surface area contributed by atoms with E-state index in [2.05, 4.69) is 27.4 Å². The first-order valence-corrected chi connectivity index (χ1v) is 9.72. The molecule has 4 aliphatic rings. The van der Waals surface area contributed by atoms with Crippen LogP contribution < -0.4 is 0 Å². The first kappa shape index (κ1) is 14.2. The molecule has 4 bridgehead atoms. The number of ketones is 1. The smallest absolute Gasteiger partial charge is 0.156 e. The Kier molecular flexibility index (Phi) is 3.61. The highest BCUT2D eigenvalue weighted by atomic mass is 79.9. The molecule has 1 aromatic heterocycles. The van der Waals surface area contributed by atoms with Gasteiger partial charge < -0.3 is 0 Å². The summed E-state index contributed by atoms with van der Waals surface area (Å²) in [5, 5.41) is 2.06. The van der Waals surface area contributed by atoms with Gasteiger partial charge in [0.1, 0.15) is 0 Å². The van der Waals surface area contributed by atoms with Crippen LogP contribution in [0.5, 0.6) is 0 Å². The van der Waals surface area contributed by atoms with Gasteiger partial charge in [-0.15, -0.1) is 11.3 Å². The van der Waals surface area contributed by atoms with Crippen LogP contribution in [0, 0.1) is 23.2 Å². The molecule has 0 saturated heterocycles. The lowest BCUT2D eigenvalue weighted by Gasteiger charge is -2.56. The quantitative estimate of drug-likeness (QED) is 0.626. The minimum atomic E-state index is 0.335. The summed E-state index contributed by atoms with van der Waals surface area (Å²) in [7, 11) is 0. The van der Waals surface area contributed by atoms with Gasteiger partial charge in [0.25, 0.3) is 0 Å². The van der Waals surface area contributed by atoms with Crippen molar-refractivity contribution in [2.45, 2.75) is 44.9 Å². The molecule has 0 atom stereocenters. The number of carbonyl (C=O) groups is 1. The fourth-order valence-electron chi connectivity index (χ4n) is 5.53. The minimum absolute atomic E-state index is 0.335. The Hall–Kier alpha value is -0.410. The lowest BCUT2D eigenvalue weighted by molar-refractivity contribution is -0.122.